The van der Waals surface area contributed by atoms with E-state index in [0.29, 0.717) is 31.2 Å². The summed E-state index contributed by atoms with van der Waals surface area (Å²) in [5.74, 6) is 0.421. The first-order valence-corrected chi connectivity index (χ1v) is 12.3. The fourth-order valence-electron chi connectivity index (χ4n) is 4.28. The van der Waals surface area contributed by atoms with Crippen molar-refractivity contribution in [1.29, 1.82) is 0 Å². The molecule has 0 spiro atoms. The predicted octanol–water partition coefficient (Wildman–Crippen LogP) is 0.130. The number of fused-ring (bicyclic) bond motifs is 1. The number of carbonyl (C=O) groups excluding carboxylic acids is 2. The molecule has 3 aliphatic rings. The van der Waals surface area contributed by atoms with Crippen molar-refractivity contribution in [2.24, 2.45) is 9.98 Å². The molecule has 3 aliphatic heterocycles. The number of aliphatic imine (C=N–C) groups is 2. The van der Waals surface area contributed by atoms with Gasteiger partial charge < -0.3 is 15.5 Å². The summed E-state index contributed by atoms with van der Waals surface area (Å²) in [6.07, 6.45) is 5.32. The third kappa shape index (κ3) is 6.97. The highest BCUT2D eigenvalue weighted by molar-refractivity contribution is 6.43. The number of hydrazine groups is 1. The SMILES string of the molecule is CC1C=NC(NC2CN(CC(=O)N(C)C)N2)=CC(C(=O)NCCCN2CCc3ccccc3C2)=N1. The van der Waals surface area contributed by atoms with Crippen molar-refractivity contribution >= 4 is 23.7 Å². The fourth-order valence-corrected chi connectivity index (χ4v) is 4.28. The van der Waals surface area contributed by atoms with Crippen LogP contribution in [-0.2, 0) is 22.6 Å². The van der Waals surface area contributed by atoms with Crippen LogP contribution in [0.25, 0.3) is 0 Å². The minimum Gasteiger partial charge on any atom is -0.352 e. The average Bonchev–Trinajstić information content (AvgIpc) is 3.01. The number of carbonyl (C=O) groups is 2. The maximum atomic E-state index is 12.8. The lowest BCUT2D eigenvalue weighted by Gasteiger charge is -2.40. The minimum atomic E-state index is -0.191. The molecule has 10 nitrogen and oxygen atoms in total. The number of rotatable bonds is 9. The van der Waals surface area contributed by atoms with Crippen LogP contribution in [0.1, 0.15) is 24.5 Å². The Labute approximate surface area is 207 Å². The maximum Gasteiger partial charge on any atom is 0.269 e. The van der Waals surface area contributed by atoms with E-state index in [-0.39, 0.29) is 24.0 Å². The van der Waals surface area contributed by atoms with Gasteiger partial charge in [0.15, 0.2) is 0 Å². The van der Waals surface area contributed by atoms with Crippen molar-refractivity contribution in [2.75, 3.05) is 46.8 Å². The quantitative estimate of drug-likeness (QED) is 0.434. The van der Waals surface area contributed by atoms with Crippen molar-refractivity contribution in [3.63, 3.8) is 0 Å². The summed E-state index contributed by atoms with van der Waals surface area (Å²) in [5.41, 5.74) is 6.40. The second-order valence-electron chi connectivity index (χ2n) is 9.46. The zero-order valence-electron chi connectivity index (χ0n) is 20.8. The van der Waals surface area contributed by atoms with Crippen molar-refractivity contribution in [1.82, 2.24) is 30.9 Å². The van der Waals surface area contributed by atoms with Crippen LogP contribution < -0.4 is 16.1 Å². The average molecular weight is 481 g/mol. The first-order valence-electron chi connectivity index (χ1n) is 12.3. The normalized spacial score (nSPS) is 22.3. The van der Waals surface area contributed by atoms with E-state index in [1.54, 1.807) is 31.3 Å². The molecule has 2 amide bonds. The van der Waals surface area contributed by atoms with E-state index in [2.05, 4.69) is 55.2 Å². The van der Waals surface area contributed by atoms with Crippen molar-refractivity contribution in [2.45, 2.75) is 38.5 Å². The molecule has 0 aromatic heterocycles. The van der Waals surface area contributed by atoms with Gasteiger partial charge in [0.2, 0.25) is 5.91 Å². The summed E-state index contributed by atoms with van der Waals surface area (Å²) < 4.78 is 0. The number of hydrogen-bond acceptors (Lipinski definition) is 8. The molecular weight excluding hydrogens is 444 g/mol. The zero-order valence-corrected chi connectivity index (χ0v) is 20.8. The molecule has 1 saturated heterocycles. The lowest BCUT2D eigenvalue weighted by atomic mass is 10.00. The second-order valence-corrected chi connectivity index (χ2v) is 9.46. The Bertz CT molecular complexity index is 1010. The molecule has 1 fully saturated rings. The summed E-state index contributed by atoms with van der Waals surface area (Å²) in [7, 11) is 3.48. The topological polar surface area (TPSA) is 105 Å². The molecular formula is C25H36N8O2. The van der Waals surface area contributed by atoms with Crippen LogP contribution in [0.15, 0.2) is 46.1 Å². The van der Waals surface area contributed by atoms with Crippen molar-refractivity contribution in [3.8, 4) is 0 Å². The standard InChI is InChI=1S/C25H36N8O2/c1-18-14-27-22(29-23-16-33(30-23)17-24(34)31(2)3)13-21(28-18)25(35)26-10-6-11-32-12-9-19-7-4-5-8-20(19)15-32/h4-5,7-8,13-14,18,23,29-30H,6,9-12,15-17H2,1-3H3,(H,26,35). The molecule has 0 bridgehead atoms. The summed E-state index contributed by atoms with van der Waals surface area (Å²) in [4.78, 5) is 37.6. The third-order valence-electron chi connectivity index (χ3n) is 6.31. The van der Waals surface area contributed by atoms with E-state index in [0.717, 1.165) is 32.5 Å². The van der Waals surface area contributed by atoms with Crippen LogP contribution in [0, 0.1) is 0 Å². The maximum absolute atomic E-state index is 12.8. The highest BCUT2D eigenvalue weighted by Crippen LogP contribution is 2.18. The Morgan fingerprint density at radius 1 is 1.23 bits per heavy atom. The molecule has 0 saturated carbocycles. The third-order valence-corrected chi connectivity index (χ3v) is 6.31. The molecule has 0 aliphatic carbocycles. The van der Waals surface area contributed by atoms with Gasteiger partial charge in [-0.05, 0) is 30.9 Å². The fraction of sp³-hybridized carbons (Fsp3) is 0.520. The summed E-state index contributed by atoms with van der Waals surface area (Å²) in [6, 6.07) is 8.43. The molecule has 188 valence electrons. The molecule has 4 rings (SSSR count). The van der Waals surface area contributed by atoms with Gasteiger partial charge in [0.05, 0.1) is 12.6 Å². The van der Waals surface area contributed by atoms with E-state index in [4.69, 9.17) is 0 Å². The van der Waals surface area contributed by atoms with E-state index in [1.165, 1.54) is 11.1 Å². The Kier molecular flexibility index (Phi) is 8.27. The first kappa shape index (κ1) is 25.0. The predicted molar refractivity (Wildman–Crippen MR) is 137 cm³/mol. The van der Waals surface area contributed by atoms with Crippen LogP contribution in [-0.4, -0.2) is 97.6 Å². The molecule has 3 heterocycles. The Balaban J connectivity index is 1.21. The summed E-state index contributed by atoms with van der Waals surface area (Å²) in [6.45, 7) is 6.44. The number of likely N-dealkylation sites (N-methyl/N-ethyl adjacent to an activating group) is 1. The number of amides is 2. The monoisotopic (exact) mass is 480 g/mol. The number of hydrogen-bond donors (Lipinski definition) is 3. The summed E-state index contributed by atoms with van der Waals surface area (Å²) >= 11 is 0. The van der Waals surface area contributed by atoms with E-state index in [9.17, 15) is 9.59 Å². The van der Waals surface area contributed by atoms with Gasteiger partial charge in [-0.15, -0.1) is 0 Å². The van der Waals surface area contributed by atoms with Gasteiger partial charge in [-0.3, -0.25) is 19.5 Å². The largest absolute Gasteiger partial charge is 0.352 e. The van der Waals surface area contributed by atoms with Gasteiger partial charge in [-0.1, -0.05) is 24.3 Å². The zero-order chi connectivity index (χ0) is 24.8. The summed E-state index contributed by atoms with van der Waals surface area (Å²) in [5, 5.41) is 8.12. The van der Waals surface area contributed by atoms with Crippen LogP contribution in [0.5, 0.6) is 0 Å². The van der Waals surface area contributed by atoms with Crippen LogP contribution >= 0.6 is 0 Å². The van der Waals surface area contributed by atoms with Gasteiger partial charge in [0.1, 0.15) is 17.7 Å². The van der Waals surface area contributed by atoms with Crippen LogP contribution in [0.3, 0.4) is 0 Å². The number of nitrogens with one attached hydrogen (secondary N) is 3. The smallest absolute Gasteiger partial charge is 0.269 e. The Morgan fingerprint density at radius 2 is 2.00 bits per heavy atom. The molecule has 1 aromatic rings. The number of nitrogens with zero attached hydrogens (tertiary/aromatic N) is 5. The van der Waals surface area contributed by atoms with E-state index in [1.807, 2.05) is 11.9 Å². The molecule has 35 heavy (non-hydrogen) atoms. The van der Waals surface area contributed by atoms with Gasteiger partial charge >= 0.3 is 0 Å². The molecule has 2 atom stereocenters. The number of benzene rings is 1. The molecule has 3 N–H and O–H groups in total. The highest BCUT2D eigenvalue weighted by Gasteiger charge is 2.28. The molecule has 10 heteroatoms. The lowest BCUT2D eigenvalue weighted by molar-refractivity contribution is -0.133. The van der Waals surface area contributed by atoms with Gasteiger partial charge in [0.25, 0.3) is 5.91 Å². The minimum absolute atomic E-state index is 0.0349. The van der Waals surface area contributed by atoms with E-state index < -0.39 is 0 Å². The van der Waals surface area contributed by atoms with Gasteiger partial charge in [0, 0.05) is 59.1 Å². The Morgan fingerprint density at radius 3 is 2.77 bits per heavy atom. The molecule has 1 aromatic carbocycles. The highest BCUT2D eigenvalue weighted by atomic mass is 16.2. The van der Waals surface area contributed by atoms with Gasteiger partial charge in [-0.25, -0.2) is 15.4 Å². The van der Waals surface area contributed by atoms with E-state index >= 15 is 0 Å². The molecule has 2 unspecified atom stereocenters. The van der Waals surface area contributed by atoms with Crippen molar-refractivity contribution < 1.29 is 9.59 Å². The van der Waals surface area contributed by atoms with Crippen LogP contribution in [0.2, 0.25) is 0 Å². The second kappa shape index (κ2) is 11.6. The first-order chi connectivity index (χ1) is 16.9. The lowest BCUT2D eigenvalue weighted by Crippen LogP contribution is -2.68. The molecule has 0 radical (unpaired) electrons. The van der Waals surface area contributed by atoms with Crippen molar-refractivity contribution in [3.05, 3.63) is 47.3 Å². The van der Waals surface area contributed by atoms with Crippen LogP contribution in [0.4, 0.5) is 0 Å². The van der Waals surface area contributed by atoms with Gasteiger partial charge in [-0.2, -0.15) is 0 Å². The Hall–Kier alpha value is -3.08.